The third-order valence-corrected chi connectivity index (χ3v) is 8.61. The number of ether oxygens (including phenoxy) is 1. The van der Waals surface area contributed by atoms with Crippen molar-refractivity contribution in [2.75, 3.05) is 5.32 Å². The summed E-state index contributed by atoms with van der Waals surface area (Å²) in [7, 11) is 0. The minimum Gasteiger partial charge on any atom is -0.487 e. The van der Waals surface area contributed by atoms with Crippen molar-refractivity contribution in [3.05, 3.63) is 108 Å². The number of fused-ring (bicyclic) bond motifs is 1. The Hall–Kier alpha value is -3.25. The Balaban J connectivity index is 1.37. The molecule has 0 bridgehead atoms. The molecule has 0 spiro atoms. The fraction of sp³-hybridized carbons (Fsp3) is 0.167. The van der Waals surface area contributed by atoms with Gasteiger partial charge in [-0.1, -0.05) is 30.3 Å². The van der Waals surface area contributed by atoms with Gasteiger partial charge in [0.25, 0.3) is 5.91 Å². The summed E-state index contributed by atoms with van der Waals surface area (Å²) in [4.78, 5) is 19.4. The zero-order valence-electron chi connectivity index (χ0n) is 20.3. The number of nitrogens with one attached hydrogen (secondary N) is 1. The summed E-state index contributed by atoms with van der Waals surface area (Å²) in [6, 6.07) is 22.8. The molecule has 190 valence electrons. The molecule has 0 unspecified atom stereocenters. The Morgan fingerprint density at radius 2 is 1.76 bits per heavy atom. The van der Waals surface area contributed by atoms with Gasteiger partial charge < -0.3 is 10.1 Å². The number of thiophene rings is 1. The normalized spacial score (nSPS) is 12.7. The summed E-state index contributed by atoms with van der Waals surface area (Å²) in [6.45, 7) is 0.372. The highest BCUT2D eigenvalue weighted by Crippen LogP contribution is 2.41. The van der Waals surface area contributed by atoms with Crippen molar-refractivity contribution < 1.29 is 9.53 Å². The van der Waals surface area contributed by atoms with Gasteiger partial charge in [0.05, 0.1) is 26.1 Å². The highest BCUT2D eigenvalue weighted by atomic mass is 79.9. The van der Waals surface area contributed by atoms with Gasteiger partial charge >= 0.3 is 0 Å². The van der Waals surface area contributed by atoms with Crippen LogP contribution in [0.3, 0.4) is 0 Å². The highest BCUT2D eigenvalue weighted by Gasteiger charge is 2.25. The largest absolute Gasteiger partial charge is 0.487 e. The summed E-state index contributed by atoms with van der Waals surface area (Å²) < 4.78 is 7.61. The third-order valence-electron chi connectivity index (χ3n) is 6.23. The standard InChI is InChI=1S/C30H23Br2N3O2S/c31-24-14-21(15-25(32)28(24)37-18-20-12-10-19(16-33)11-13-20)17-34-30-27(23-8-4-5-9-26(23)38-30)29(36)35-22-6-2-1-3-7-22/h1-3,6-7,10-15,17H,4-5,8-9,18H2,(H,35,36). The lowest BCUT2D eigenvalue weighted by Crippen LogP contribution is -2.14. The maximum Gasteiger partial charge on any atom is 0.259 e. The number of para-hydroxylation sites is 1. The molecule has 38 heavy (non-hydrogen) atoms. The maximum absolute atomic E-state index is 13.3. The number of carbonyl (C=O) groups is 1. The summed E-state index contributed by atoms with van der Waals surface area (Å²) >= 11 is 8.85. The molecular weight excluding hydrogens is 626 g/mol. The Bertz CT molecular complexity index is 1520. The van der Waals surface area contributed by atoms with Crippen LogP contribution in [0.15, 0.2) is 80.7 Å². The number of rotatable bonds is 7. The predicted octanol–water partition coefficient (Wildman–Crippen LogP) is 8.61. The Morgan fingerprint density at radius 3 is 2.47 bits per heavy atom. The number of aryl methyl sites for hydroxylation is 1. The second-order valence-electron chi connectivity index (χ2n) is 8.88. The van der Waals surface area contributed by atoms with Crippen LogP contribution in [0, 0.1) is 11.3 Å². The van der Waals surface area contributed by atoms with Crippen LogP contribution >= 0.6 is 43.2 Å². The molecule has 5 nitrogen and oxygen atoms in total. The number of carbonyl (C=O) groups excluding carboxylic acids is 1. The average molecular weight is 649 g/mol. The zero-order chi connectivity index (χ0) is 26.5. The van der Waals surface area contributed by atoms with Gasteiger partial charge in [-0.2, -0.15) is 5.26 Å². The van der Waals surface area contributed by atoms with E-state index in [0.29, 0.717) is 23.5 Å². The first-order valence-corrected chi connectivity index (χ1v) is 14.6. The molecule has 0 saturated heterocycles. The minimum absolute atomic E-state index is 0.114. The maximum atomic E-state index is 13.3. The Kier molecular flexibility index (Phi) is 8.38. The van der Waals surface area contributed by atoms with E-state index in [0.717, 1.165) is 62.0 Å². The van der Waals surface area contributed by atoms with Crippen LogP contribution in [-0.2, 0) is 19.4 Å². The lowest BCUT2D eigenvalue weighted by Gasteiger charge is -2.13. The second kappa shape index (κ2) is 12.1. The molecule has 0 fully saturated rings. The molecule has 1 aromatic heterocycles. The molecule has 1 N–H and O–H groups in total. The number of nitriles is 1. The van der Waals surface area contributed by atoms with Crippen LogP contribution < -0.4 is 10.1 Å². The lowest BCUT2D eigenvalue weighted by atomic mass is 9.95. The van der Waals surface area contributed by atoms with Gasteiger partial charge in [0.2, 0.25) is 0 Å². The van der Waals surface area contributed by atoms with Crippen LogP contribution in [0.2, 0.25) is 0 Å². The van der Waals surface area contributed by atoms with E-state index in [1.807, 2.05) is 54.6 Å². The average Bonchev–Trinajstić information content (AvgIpc) is 3.31. The van der Waals surface area contributed by atoms with Crippen molar-refractivity contribution >= 4 is 66.0 Å². The number of hydrogen-bond acceptors (Lipinski definition) is 5. The summed E-state index contributed by atoms with van der Waals surface area (Å²) in [5.74, 6) is 0.567. The number of nitrogens with zero attached hydrogens (tertiary/aromatic N) is 2. The van der Waals surface area contributed by atoms with Crippen molar-refractivity contribution in [2.24, 2.45) is 4.99 Å². The van der Waals surface area contributed by atoms with E-state index in [1.165, 1.54) is 4.88 Å². The van der Waals surface area contributed by atoms with E-state index in [-0.39, 0.29) is 5.91 Å². The molecule has 1 amide bonds. The fourth-order valence-corrected chi connectivity index (χ4v) is 7.03. The van der Waals surface area contributed by atoms with Gasteiger partial charge in [0.15, 0.2) is 0 Å². The van der Waals surface area contributed by atoms with Gasteiger partial charge in [0.1, 0.15) is 17.4 Å². The molecule has 8 heteroatoms. The van der Waals surface area contributed by atoms with Crippen LogP contribution in [0.5, 0.6) is 5.75 Å². The first-order valence-electron chi connectivity index (χ1n) is 12.2. The number of hydrogen-bond donors (Lipinski definition) is 1. The summed E-state index contributed by atoms with van der Waals surface area (Å²) in [6.07, 6.45) is 5.91. The van der Waals surface area contributed by atoms with Gasteiger partial charge in [-0.15, -0.1) is 11.3 Å². The molecule has 0 saturated carbocycles. The van der Waals surface area contributed by atoms with E-state index >= 15 is 0 Å². The van der Waals surface area contributed by atoms with Crippen LogP contribution in [-0.4, -0.2) is 12.1 Å². The lowest BCUT2D eigenvalue weighted by molar-refractivity contribution is 0.102. The molecule has 1 aliphatic rings. The number of amides is 1. The third kappa shape index (κ3) is 6.07. The molecule has 1 aliphatic carbocycles. The van der Waals surface area contributed by atoms with E-state index in [4.69, 9.17) is 15.0 Å². The van der Waals surface area contributed by atoms with Crippen LogP contribution in [0.4, 0.5) is 10.7 Å². The number of aliphatic imine (C=N–C) groups is 1. The molecule has 0 aliphatic heterocycles. The van der Waals surface area contributed by atoms with Crippen LogP contribution in [0.1, 0.15) is 50.3 Å². The molecule has 0 radical (unpaired) electrons. The molecular formula is C30H23Br2N3O2S. The molecule has 5 rings (SSSR count). The zero-order valence-corrected chi connectivity index (χ0v) is 24.3. The first-order chi connectivity index (χ1) is 18.5. The first kappa shape index (κ1) is 26.4. The molecule has 0 atom stereocenters. The molecule has 3 aromatic carbocycles. The van der Waals surface area contributed by atoms with Crippen molar-refractivity contribution in [1.82, 2.24) is 0 Å². The topological polar surface area (TPSA) is 74.5 Å². The van der Waals surface area contributed by atoms with E-state index in [9.17, 15) is 4.79 Å². The monoisotopic (exact) mass is 647 g/mol. The van der Waals surface area contributed by atoms with Gasteiger partial charge in [-0.3, -0.25) is 4.79 Å². The smallest absolute Gasteiger partial charge is 0.259 e. The number of benzene rings is 3. The van der Waals surface area contributed by atoms with E-state index in [2.05, 4.69) is 43.2 Å². The SMILES string of the molecule is N#Cc1ccc(COc2c(Br)cc(C=Nc3sc4c(c3C(=O)Nc3ccccc3)CCCC4)cc2Br)cc1. The van der Waals surface area contributed by atoms with Gasteiger partial charge in [-0.05, 0) is 111 Å². The quantitative estimate of drug-likeness (QED) is 0.204. The molecule has 1 heterocycles. The van der Waals surface area contributed by atoms with Gasteiger partial charge in [-0.25, -0.2) is 4.99 Å². The van der Waals surface area contributed by atoms with Crippen molar-refractivity contribution in [3.8, 4) is 11.8 Å². The van der Waals surface area contributed by atoms with E-state index in [1.54, 1.807) is 29.7 Å². The number of halogens is 2. The van der Waals surface area contributed by atoms with E-state index < -0.39 is 0 Å². The van der Waals surface area contributed by atoms with Gasteiger partial charge in [0, 0.05) is 16.8 Å². The predicted molar refractivity (Wildman–Crippen MR) is 160 cm³/mol. The number of anilines is 1. The van der Waals surface area contributed by atoms with Crippen molar-refractivity contribution in [1.29, 1.82) is 5.26 Å². The Morgan fingerprint density at radius 1 is 1.05 bits per heavy atom. The molecule has 4 aromatic rings. The van der Waals surface area contributed by atoms with Crippen molar-refractivity contribution in [3.63, 3.8) is 0 Å². The second-order valence-corrected chi connectivity index (χ2v) is 11.7. The summed E-state index contributed by atoms with van der Waals surface area (Å²) in [5.41, 5.74) is 5.05. The minimum atomic E-state index is -0.114. The Labute approximate surface area is 242 Å². The van der Waals surface area contributed by atoms with Crippen LogP contribution in [0.25, 0.3) is 0 Å². The summed E-state index contributed by atoms with van der Waals surface area (Å²) in [5, 5.41) is 12.7. The van der Waals surface area contributed by atoms with Crippen molar-refractivity contribution in [2.45, 2.75) is 32.3 Å². The highest BCUT2D eigenvalue weighted by molar-refractivity contribution is 9.11. The fourth-order valence-electron chi connectivity index (χ4n) is 4.35.